The van der Waals surface area contributed by atoms with Crippen molar-refractivity contribution in [3.8, 4) is 0 Å². The van der Waals surface area contributed by atoms with E-state index < -0.39 is 5.97 Å². The van der Waals surface area contributed by atoms with Crippen molar-refractivity contribution in [2.75, 3.05) is 31.2 Å². The molecular weight excluding hydrogens is 230 g/mol. The number of halogens is 1. The van der Waals surface area contributed by atoms with E-state index in [4.69, 9.17) is 21.4 Å². The fraction of sp³-hybridized carbons (Fsp3) is 0.364. The minimum Gasteiger partial charge on any atom is -0.478 e. The fourth-order valence-electron chi connectivity index (χ4n) is 1.80. The van der Waals surface area contributed by atoms with Crippen LogP contribution in [0.5, 0.6) is 0 Å². The summed E-state index contributed by atoms with van der Waals surface area (Å²) in [7, 11) is 0. The van der Waals surface area contributed by atoms with Crippen molar-refractivity contribution in [1.82, 2.24) is 0 Å². The highest BCUT2D eigenvalue weighted by atomic mass is 35.5. The molecule has 0 aromatic heterocycles. The van der Waals surface area contributed by atoms with E-state index >= 15 is 0 Å². The molecule has 0 bridgehead atoms. The van der Waals surface area contributed by atoms with Crippen LogP contribution in [0.3, 0.4) is 0 Å². The molecule has 0 unspecified atom stereocenters. The summed E-state index contributed by atoms with van der Waals surface area (Å²) in [6.45, 7) is 2.54. The summed E-state index contributed by atoms with van der Waals surface area (Å²) in [5.41, 5.74) is 0.842. The number of rotatable bonds is 2. The lowest BCUT2D eigenvalue weighted by atomic mass is 10.1. The molecule has 0 amide bonds. The molecule has 0 saturated carbocycles. The predicted molar refractivity (Wildman–Crippen MR) is 61.4 cm³/mol. The summed E-state index contributed by atoms with van der Waals surface area (Å²) in [4.78, 5) is 13.1. The van der Waals surface area contributed by atoms with Gasteiger partial charge in [-0.3, -0.25) is 0 Å². The van der Waals surface area contributed by atoms with Gasteiger partial charge in [-0.25, -0.2) is 4.79 Å². The number of aromatic carboxylic acids is 1. The van der Waals surface area contributed by atoms with Crippen LogP contribution in [0.15, 0.2) is 18.2 Å². The number of para-hydroxylation sites is 1. The Kier molecular flexibility index (Phi) is 3.31. The van der Waals surface area contributed by atoms with Crippen molar-refractivity contribution in [2.24, 2.45) is 0 Å². The average Bonchev–Trinajstić information content (AvgIpc) is 2.29. The second-order valence-electron chi connectivity index (χ2n) is 3.54. The number of hydrogen-bond acceptors (Lipinski definition) is 3. The van der Waals surface area contributed by atoms with Crippen LogP contribution in [0.4, 0.5) is 5.69 Å². The monoisotopic (exact) mass is 241 g/mol. The maximum atomic E-state index is 11.1. The molecule has 1 aliphatic rings. The fourth-order valence-corrected chi connectivity index (χ4v) is 2.09. The van der Waals surface area contributed by atoms with Gasteiger partial charge in [0.15, 0.2) is 0 Å². The van der Waals surface area contributed by atoms with Gasteiger partial charge in [-0.1, -0.05) is 17.7 Å². The first kappa shape index (κ1) is 11.2. The minimum absolute atomic E-state index is 0.245. The van der Waals surface area contributed by atoms with Gasteiger partial charge in [-0.15, -0.1) is 0 Å². The SMILES string of the molecule is O=C(O)c1cccc(Cl)c1N1CCOCC1. The molecule has 0 aliphatic carbocycles. The number of ether oxygens (including phenoxy) is 1. The van der Waals surface area contributed by atoms with E-state index in [0.717, 1.165) is 0 Å². The van der Waals surface area contributed by atoms with Crippen LogP contribution in [-0.4, -0.2) is 37.4 Å². The van der Waals surface area contributed by atoms with Gasteiger partial charge < -0.3 is 14.7 Å². The first-order chi connectivity index (χ1) is 7.70. The highest BCUT2D eigenvalue weighted by Crippen LogP contribution is 2.30. The van der Waals surface area contributed by atoms with Gasteiger partial charge in [0.1, 0.15) is 0 Å². The Hall–Kier alpha value is -1.26. The number of hydrogen-bond donors (Lipinski definition) is 1. The lowest BCUT2D eigenvalue weighted by Crippen LogP contribution is -2.37. The van der Waals surface area contributed by atoms with E-state index in [1.54, 1.807) is 18.2 Å². The standard InChI is InChI=1S/C11H12ClNO3/c12-9-3-1-2-8(11(14)15)10(9)13-4-6-16-7-5-13/h1-3H,4-7H2,(H,14,15). The normalized spacial score (nSPS) is 16.2. The van der Waals surface area contributed by atoms with Crippen LogP contribution >= 0.6 is 11.6 Å². The van der Waals surface area contributed by atoms with Gasteiger partial charge in [0.25, 0.3) is 0 Å². The molecule has 16 heavy (non-hydrogen) atoms. The van der Waals surface area contributed by atoms with E-state index in [0.29, 0.717) is 37.0 Å². The van der Waals surface area contributed by atoms with Crippen molar-refractivity contribution in [1.29, 1.82) is 0 Å². The van der Waals surface area contributed by atoms with Gasteiger partial charge in [-0.2, -0.15) is 0 Å². The molecule has 1 N–H and O–H groups in total. The van der Waals surface area contributed by atoms with Gasteiger partial charge in [0.2, 0.25) is 0 Å². The third kappa shape index (κ3) is 2.13. The molecule has 2 rings (SSSR count). The van der Waals surface area contributed by atoms with Crippen molar-refractivity contribution in [3.05, 3.63) is 28.8 Å². The number of benzene rings is 1. The third-order valence-electron chi connectivity index (χ3n) is 2.54. The number of carboxylic acid groups (broad SMARTS) is 1. The second-order valence-corrected chi connectivity index (χ2v) is 3.95. The molecule has 1 saturated heterocycles. The Morgan fingerprint density at radius 1 is 1.38 bits per heavy atom. The van der Waals surface area contributed by atoms with Crippen LogP contribution < -0.4 is 4.90 Å². The Morgan fingerprint density at radius 3 is 2.69 bits per heavy atom. The molecule has 1 heterocycles. The molecule has 0 atom stereocenters. The zero-order valence-electron chi connectivity index (χ0n) is 8.65. The lowest BCUT2D eigenvalue weighted by Gasteiger charge is -2.30. The smallest absolute Gasteiger partial charge is 0.337 e. The summed E-state index contributed by atoms with van der Waals surface area (Å²) in [6, 6.07) is 4.92. The van der Waals surface area contributed by atoms with E-state index in [2.05, 4.69) is 0 Å². The summed E-state index contributed by atoms with van der Waals surface area (Å²) < 4.78 is 5.23. The highest BCUT2D eigenvalue weighted by molar-refractivity contribution is 6.34. The van der Waals surface area contributed by atoms with Crippen LogP contribution in [0.1, 0.15) is 10.4 Å². The van der Waals surface area contributed by atoms with Gasteiger partial charge in [-0.05, 0) is 12.1 Å². The Balaban J connectivity index is 2.40. The summed E-state index contributed by atoms with van der Waals surface area (Å²) in [5.74, 6) is -0.955. The summed E-state index contributed by atoms with van der Waals surface area (Å²) >= 11 is 6.06. The number of morpholine rings is 1. The maximum Gasteiger partial charge on any atom is 0.337 e. The van der Waals surface area contributed by atoms with E-state index in [-0.39, 0.29) is 5.56 Å². The van der Waals surface area contributed by atoms with Crippen molar-refractivity contribution in [2.45, 2.75) is 0 Å². The first-order valence-electron chi connectivity index (χ1n) is 5.04. The summed E-state index contributed by atoms with van der Waals surface area (Å²) in [6.07, 6.45) is 0. The Morgan fingerprint density at radius 2 is 2.06 bits per heavy atom. The number of carbonyl (C=O) groups is 1. The quantitative estimate of drug-likeness (QED) is 0.859. The average molecular weight is 242 g/mol. The molecule has 5 heteroatoms. The molecular formula is C11H12ClNO3. The molecule has 0 radical (unpaired) electrons. The summed E-state index contributed by atoms with van der Waals surface area (Å²) in [5, 5.41) is 9.58. The molecule has 4 nitrogen and oxygen atoms in total. The zero-order chi connectivity index (χ0) is 11.5. The number of carboxylic acids is 1. The first-order valence-corrected chi connectivity index (χ1v) is 5.42. The van der Waals surface area contributed by atoms with Crippen LogP contribution in [-0.2, 0) is 4.74 Å². The van der Waals surface area contributed by atoms with E-state index in [9.17, 15) is 4.79 Å². The maximum absolute atomic E-state index is 11.1. The largest absolute Gasteiger partial charge is 0.478 e. The Labute approximate surface area is 98.4 Å². The molecule has 1 aliphatic heterocycles. The van der Waals surface area contributed by atoms with Gasteiger partial charge in [0, 0.05) is 13.1 Å². The molecule has 1 aromatic rings. The number of nitrogens with zero attached hydrogens (tertiary/aromatic N) is 1. The van der Waals surface area contributed by atoms with Crippen molar-refractivity contribution >= 4 is 23.3 Å². The second kappa shape index (κ2) is 4.72. The predicted octanol–water partition coefficient (Wildman–Crippen LogP) is 1.87. The zero-order valence-corrected chi connectivity index (χ0v) is 9.41. The van der Waals surface area contributed by atoms with E-state index in [1.807, 2.05) is 4.90 Å². The van der Waals surface area contributed by atoms with Crippen LogP contribution in [0.2, 0.25) is 5.02 Å². The number of anilines is 1. The van der Waals surface area contributed by atoms with Gasteiger partial charge >= 0.3 is 5.97 Å². The Bertz CT molecular complexity index is 402. The lowest BCUT2D eigenvalue weighted by molar-refractivity contribution is 0.0696. The molecule has 0 spiro atoms. The topological polar surface area (TPSA) is 49.8 Å². The van der Waals surface area contributed by atoms with Gasteiger partial charge in [0.05, 0.1) is 29.5 Å². The third-order valence-corrected chi connectivity index (χ3v) is 2.85. The molecule has 1 fully saturated rings. The minimum atomic E-state index is -0.955. The highest BCUT2D eigenvalue weighted by Gasteiger charge is 2.20. The van der Waals surface area contributed by atoms with Crippen LogP contribution in [0.25, 0.3) is 0 Å². The van der Waals surface area contributed by atoms with Crippen molar-refractivity contribution < 1.29 is 14.6 Å². The van der Waals surface area contributed by atoms with E-state index in [1.165, 1.54) is 0 Å². The molecule has 86 valence electrons. The van der Waals surface area contributed by atoms with Crippen LogP contribution in [0, 0.1) is 0 Å². The molecule has 1 aromatic carbocycles. The van der Waals surface area contributed by atoms with Crippen molar-refractivity contribution in [3.63, 3.8) is 0 Å².